The highest BCUT2D eigenvalue weighted by Crippen LogP contribution is 2.19. The summed E-state index contributed by atoms with van der Waals surface area (Å²) in [6, 6.07) is 0. The Labute approximate surface area is 60.5 Å². The van der Waals surface area contributed by atoms with Crippen LogP contribution in [0, 0.1) is 6.92 Å². The fourth-order valence-corrected chi connectivity index (χ4v) is 0.600. The van der Waals surface area contributed by atoms with Crippen molar-refractivity contribution in [2.24, 2.45) is 0 Å². The molecule has 1 aromatic rings. The van der Waals surface area contributed by atoms with E-state index in [-0.39, 0.29) is 5.41 Å². The van der Waals surface area contributed by atoms with Crippen LogP contribution in [-0.2, 0) is 5.41 Å². The fourth-order valence-electron chi connectivity index (χ4n) is 0.600. The zero-order valence-electron chi connectivity index (χ0n) is 6.80. The molecule has 0 atom stereocenters. The first-order valence-corrected chi connectivity index (χ1v) is 3.31. The molecule has 0 aliphatic heterocycles. The number of nitrogens with zero attached hydrogens (tertiary/aromatic N) is 2. The third-order valence-electron chi connectivity index (χ3n) is 1.17. The van der Waals surface area contributed by atoms with Crippen LogP contribution in [-0.4, -0.2) is 10.2 Å². The molecule has 1 rings (SSSR count). The van der Waals surface area contributed by atoms with Gasteiger partial charge >= 0.3 is 0 Å². The summed E-state index contributed by atoms with van der Waals surface area (Å²) in [6.45, 7) is 7.92. The second-order valence-corrected chi connectivity index (χ2v) is 3.38. The first kappa shape index (κ1) is 7.25. The minimum Gasteiger partial charge on any atom is -0.425 e. The maximum Gasteiger partial charge on any atom is 0.221 e. The Bertz CT molecular complexity index is 222. The Morgan fingerprint density at radius 1 is 1.20 bits per heavy atom. The summed E-state index contributed by atoms with van der Waals surface area (Å²) in [4.78, 5) is 0. The Balaban J connectivity index is 2.96. The van der Waals surface area contributed by atoms with Crippen LogP contribution in [0.4, 0.5) is 0 Å². The Morgan fingerprint density at radius 3 is 2.00 bits per heavy atom. The van der Waals surface area contributed by atoms with Gasteiger partial charge in [0.2, 0.25) is 11.8 Å². The first-order valence-electron chi connectivity index (χ1n) is 3.31. The van der Waals surface area contributed by atoms with Gasteiger partial charge in [0.1, 0.15) is 0 Å². The molecule has 0 aliphatic rings. The van der Waals surface area contributed by atoms with Crippen LogP contribution in [0.1, 0.15) is 32.6 Å². The molecule has 0 aromatic carbocycles. The molecule has 1 aromatic heterocycles. The van der Waals surface area contributed by atoms with Gasteiger partial charge in [0, 0.05) is 12.3 Å². The van der Waals surface area contributed by atoms with E-state index >= 15 is 0 Å². The molecule has 0 N–H and O–H groups in total. The molecule has 0 radical (unpaired) electrons. The van der Waals surface area contributed by atoms with Crippen molar-refractivity contribution in [1.82, 2.24) is 10.2 Å². The molecule has 0 saturated heterocycles. The van der Waals surface area contributed by atoms with E-state index in [1.807, 2.05) is 20.8 Å². The molecule has 0 saturated carbocycles. The molecule has 3 nitrogen and oxygen atoms in total. The number of hydrogen-bond acceptors (Lipinski definition) is 3. The lowest BCUT2D eigenvalue weighted by Crippen LogP contribution is -2.11. The Hall–Kier alpha value is -0.860. The van der Waals surface area contributed by atoms with Crippen LogP contribution in [0.2, 0.25) is 0 Å². The van der Waals surface area contributed by atoms with Crippen LogP contribution in [0.15, 0.2) is 4.42 Å². The Morgan fingerprint density at radius 2 is 1.80 bits per heavy atom. The van der Waals surface area contributed by atoms with E-state index in [0.29, 0.717) is 11.8 Å². The molecule has 0 unspecified atom stereocenters. The maximum absolute atomic E-state index is 5.23. The summed E-state index contributed by atoms with van der Waals surface area (Å²) in [5.74, 6) is 1.33. The topological polar surface area (TPSA) is 38.9 Å². The van der Waals surface area contributed by atoms with Gasteiger partial charge < -0.3 is 4.42 Å². The van der Waals surface area contributed by atoms with E-state index in [4.69, 9.17) is 4.42 Å². The van der Waals surface area contributed by atoms with Crippen LogP contribution in [0.3, 0.4) is 0 Å². The largest absolute Gasteiger partial charge is 0.425 e. The van der Waals surface area contributed by atoms with Crippen molar-refractivity contribution >= 4 is 0 Å². The molecular weight excluding hydrogens is 128 g/mol. The van der Waals surface area contributed by atoms with Crippen molar-refractivity contribution in [2.75, 3.05) is 0 Å². The molecule has 56 valence electrons. The van der Waals surface area contributed by atoms with Gasteiger partial charge in [0.05, 0.1) is 0 Å². The molecule has 3 heteroatoms. The minimum absolute atomic E-state index is 0.0265. The SMILES string of the molecule is Cc1nnc(C(C)(C)C)o1. The standard InChI is InChI=1S/C7H12N2O/c1-5-8-9-6(10-5)7(2,3)4/h1-4H3. The maximum atomic E-state index is 5.23. The van der Waals surface area contributed by atoms with Gasteiger partial charge in [-0.3, -0.25) is 0 Å². The van der Waals surface area contributed by atoms with Crippen LogP contribution in [0.25, 0.3) is 0 Å². The van der Waals surface area contributed by atoms with Gasteiger partial charge in [-0.2, -0.15) is 0 Å². The third-order valence-corrected chi connectivity index (χ3v) is 1.17. The molecule has 0 aliphatic carbocycles. The second kappa shape index (κ2) is 2.08. The van der Waals surface area contributed by atoms with Crippen molar-refractivity contribution in [2.45, 2.75) is 33.1 Å². The average Bonchev–Trinajstić information content (AvgIpc) is 2.11. The molecule has 1 heterocycles. The lowest BCUT2D eigenvalue weighted by Gasteiger charge is -2.10. The number of aryl methyl sites for hydroxylation is 1. The summed E-state index contributed by atoms with van der Waals surface area (Å²) in [6.07, 6.45) is 0. The highest BCUT2D eigenvalue weighted by atomic mass is 16.4. The van der Waals surface area contributed by atoms with Gasteiger partial charge in [0.25, 0.3) is 0 Å². The highest BCUT2D eigenvalue weighted by Gasteiger charge is 2.19. The van der Waals surface area contributed by atoms with Gasteiger partial charge in [-0.05, 0) is 0 Å². The smallest absolute Gasteiger partial charge is 0.221 e. The monoisotopic (exact) mass is 140 g/mol. The summed E-state index contributed by atoms with van der Waals surface area (Å²) < 4.78 is 5.23. The van der Waals surface area contributed by atoms with Crippen molar-refractivity contribution in [3.8, 4) is 0 Å². The molecule has 0 amide bonds. The number of hydrogen-bond donors (Lipinski definition) is 0. The Kier molecular flexibility index (Phi) is 1.50. The second-order valence-electron chi connectivity index (χ2n) is 3.38. The summed E-state index contributed by atoms with van der Waals surface area (Å²) in [7, 11) is 0. The fraction of sp³-hybridized carbons (Fsp3) is 0.714. The average molecular weight is 140 g/mol. The predicted octanol–water partition coefficient (Wildman–Crippen LogP) is 1.68. The molecule has 0 fully saturated rings. The molecule has 0 bridgehead atoms. The van der Waals surface area contributed by atoms with Crippen LogP contribution >= 0.6 is 0 Å². The summed E-state index contributed by atoms with van der Waals surface area (Å²) in [5.41, 5.74) is -0.0265. The van der Waals surface area contributed by atoms with E-state index in [1.54, 1.807) is 6.92 Å². The predicted molar refractivity (Wildman–Crippen MR) is 37.7 cm³/mol. The van der Waals surface area contributed by atoms with Gasteiger partial charge in [-0.15, -0.1) is 10.2 Å². The van der Waals surface area contributed by atoms with Gasteiger partial charge in [-0.25, -0.2) is 0 Å². The third kappa shape index (κ3) is 1.35. The van der Waals surface area contributed by atoms with Crippen LogP contribution < -0.4 is 0 Å². The van der Waals surface area contributed by atoms with E-state index in [2.05, 4.69) is 10.2 Å². The van der Waals surface area contributed by atoms with Crippen molar-refractivity contribution in [3.63, 3.8) is 0 Å². The first-order chi connectivity index (χ1) is 4.50. The normalized spacial score (nSPS) is 12.0. The number of rotatable bonds is 0. The lowest BCUT2D eigenvalue weighted by molar-refractivity contribution is 0.380. The minimum atomic E-state index is -0.0265. The summed E-state index contributed by atoms with van der Waals surface area (Å²) >= 11 is 0. The van der Waals surface area contributed by atoms with Crippen molar-refractivity contribution < 1.29 is 4.42 Å². The van der Waals surface area contributed by atoms with E-state index < -0.39 is 0 Å². The van der Waals surface area contributed by atoms with Crippen molar-refractivity contribution in [1.29, 1.82) is 0 Å². The molecule has 10 heavy (non-hydrogen) atoms. The zero-order chi connectivity index (χ0) is 7.78. The molecular formula is C7H12N2O. The zero-order valence-corrected chi connectivity index (χ0v) is 6.80. The highest BCUT2D eigenvalue weighted by molar-refractivity contribution is 4.94. The van der Waals surface area contributed by atoms with E-state index in [0.717, 1.165) is 0 Å². The summed E-state index contributed by atoms with van der Waals surface area (Å²) in [5, 5.41) is 7.64. The van der Waals surface area contributed by atoms with Gasteiger partial charge in [-0.1, -0.05) is 20.8 Å². The van der Waals surface area contributed by atoms with Crippen LogP contribution in [0.5, 0.6) is 0 Å². The van der Waals surface area contributed by atoms with Gasteiger partial charge in [0.15, 0.2) is 0 Å². The lowest BCUT2D eigenvalue weighted by atomic mass is 9.97. The quantitative estimate of drug-likeness (QED) is 0.550. The van der Waals surface area contributed by atoms with E-state index in [9.17, 15) is 0 Å². The van der Waals surface area contributed by atoms with Crippen molar-refractivity contribution in [3.05, 3.63) is 11.8 Å². The van der Waals surface area contributed by atoms with E-state index in [1.165, 1.54) is 0 Å². The molecule has 0 spiro atoms. The number of aromatic nitrogens is 2.